The van der Waals surface area contributed by atoms with E-state index in [9.17, 15) is 19.2 Å². The van der Waals surface area contributed by atoms with Gasteiger partial charge in [-0.05, 0) is 76.0 Å². The molecule has 11 heteroatoms. The van der Waals surface area contributed by atoms with Gasteiger partial charge in [0.25, 0.3) is 0 Å². The van der Waals surface area contributed by atoms with Gasteiger partial charge in [-0.25, -0.2) is 9.59 Å². The summed E-state index contributed by atoms with van der Waals surface area (Å²) in [5, 5.41) is 0. The fourth-order valence-electron chi connectivity index (χ4n) is 3.12. The maximum absolute atomic E-state index is 12.7. The first kappa shape index (κ1) is 36.7. The Kier molecular flexibility index (Phi) is 15.4. The predicted molar refractivity (Wildman–Crippen MR) is 156 cm³/mol. The van der Waals surface area contributed by atoms with Crippen molar-refractivity contribution in [2.45, 2.75) is 119 Å². The summed E-state index contributed by atoms with van der Waals surface area (Å²) < 4.78 is 32.0. The van der Waals surface area contributed by atoms with Crippen molar-refractivity contribution in [3.05, 3.63) is 23.8 Å². The molecule has 1 aromatic carbocycles. The van der Waals surface area contributed by atoms with Crippen LogP contribution in [0.2, 0.25) is 0 Å². The number of rotatable bonds is 15. The van der Waals surface area contributed by atoms with Crippen molar-refractivity contribution >= 4 is 24.2 Å². The van der Waals surface area contributed by atoms with Gasteiger partial charge in [0.1, 0.15) is 30.5 Å². The fraction of sp³-hybridized carbons (Fsp3) is 0.677. The average Bonchev–Trinajstić information content (AvgIpc) is 2.88. The first-order valence-electron chi connectivity index (χ1n) is 14.5. The highest BCUT2D eigenvalue weighted by molar-refractivity contribution is 5.76. The lowest BCUT2D eigenvalue weighted by Crippen LogP contribution is -2.39. The molecule has 42 heavy (non-hydrogen) atoms. The summed E-state index contributed by atoms with van der Waals surface area (Å²) in [7, 11) is 0. The zero-order valence-corrected chi connectivity index (χ0v) is 26.6. The van der Waals surface area contributed by atoms with Crippen molar-refractivity contribution in [3.63, 3.8) is 0 Å². The second-order valence-corrected chi connectivity index (χ2v) is 11.7. The van der Waals surface area contributed by atoms with Gasteiger partial charge < -0.3 is 34.2 Å². The van der Waals surface area contributed by atoms with E-state index in [4.69, 9.17) is 34.2 Å². The molecule has 0 aliphatic heterocycles. The minimum atomic E-state index is -1.08. The first-order valence-corrected chi connectivity index (χ1v) is 14.5. The second-order valence-electron chi connectivity index (χ2n) is 11.7. The van der Waals surface area contributed by atoms with Crippen molar-refractivity contribution in [2.75, 3.05) is 0 Å². The third-order valence-electron chi connectivity index (χ3n) is 6.80. The van der Waals surface area contributed by atoms with Crippen LogP contribution < -0.4 is 15.2 Å². The van der Waals surface area contributed by atoms with Crippen LogP contribution in [0.25, 0.3) is 0 Å². The maximum atomic E-state index is 12.7. The molecule has 0 saturated carbocycles. The maximum Gasteiger partial charge on any atom is 0.514 e. The molecule has 0 saturated heterocycles. The van der Waals surface area contributed by atoms with E-state index in [0.717, 1.165) is 0 Å². The molecular weight excluding hydrogens is 546 g/mol. The Hall–Kier alpha value is -3.34. The van der Waals surface area contributed by atoms with Gasteiger partial charge in [-0.1, -0.05) is 47.6 Å². The molecular formula is C31H49NO10. The molecule has 0 aliphatic carbocycles. The Morgan fingerprint density at radius 1 is 0.667 bits per heavy atom. The van der Waals surface area contributed by atoms with Crippen molar-refractivity contribution in [1.82, 2.24) is 0 Å². The zero-order valence-electron chi connectivity index (χ0n) is 26.6. The van der Waals surface area contributed by atoms with Gasteiger partial charge in [0, 0.05) is 6.42 Å². The van der Waals surface area contributed by atoms with Gasteiger partial charge >= 0.3 is 24.2 Å². The molecule has 238 valence electrons. The van der Waals surface area contributed by atoms with Gasteiger partial charge in [-0.15, -0.1) is 0 Å². The quantitative estimate of drug-likeness (QED) is 0.145. The highest BCUT2D eigenvalue weighted by atomic mass is 16.8. The molecule has 0 aliphatic rings. The Balaban J connectivity index is 2.97. The van der Waals surface area contributed by atoms with E-state index in [1.807, 2.05) is 41.5 Å². The minimum absolute atomic E-state index is 0.0109. The van der Waals surface area contributed by atoms with Crippen LogP contribution in [0.4, 0.5) is 9.59 Å². The molecule has 0 fully saturated rings. The van der Waals surface area contributed by atoms with Crippen LogP contribution in [0.15, 0.2) is 18.2 Å². The lowest BCUT2D eigenvalue weighted by Gasteiger charge is -2.23. The van der Waals surface area contributed by atoms with Crippen LogP contribution in [-0.4, -0.2) is 54.7 Å². The van der Waals surface area contributed by atoms with E-state index >= 15 is 0 Å². The largest absolute Gasteiger partial charge is 0.514 e. The summed E-state index contributed by atoms with van der Waals surface area (Å²) >= 11 is 0. The number of carbonyl (C=O) groups is 4. The van der Waals surface area contributed by atoms with Crippen LogP contribution in [0.3, 0.4) is 0 Å². The predicted octanol–water partition coefficient (Wildman–Crippen LogP) is 5.98. The SMILES string of the molecule is CC(C)CCC(=O)O[C@@H](C)[C@H](C)OC(=O)[C@@H](N)Cc1ccc(OC(=O)OC(C)C(C)C)c(OC(=O)OC(C)C(C)C)c1. The topological polar surface area (TPSA) is 150 Å². The van der Waals surface area contributed by atoms with E-state index in [-0.39, 0.29) is 42.1 Å². The van der Waals surface area contributed by atoms with Crippen LogP contribution in [0.1, 0.15) is 87.6 Å². The van der Waals surface area contributed by atoms with E-state index < -0.39 is 48.7 Å². The number of esters is 2. The molecule has 11 nitrogen and oxygen atoms in total. The van der Waals surface area contributed by atoms with Crippen LogP contribution in [0, 0.1) is 17.8 Å². The Labute approximate surface area is 249 Å². The van der Waals surface area contributed by atoms with E-state index in [1.54, 1.807) is 33.8 Å². The highest BCUT2D eigenvalue weighted by Gasteiger charge is 2.26. The lowest BCUT2D eigenvalue weighted by atomic mass is 10.1. The Morgan fingerprint density at radius 2 is 1.17 bits per heavy atom. The second kappa shape index (κ2) is 17.6. The van der Waals surface area contributed by atoms with Gasteiger partial charge in [-0.2, -0.15) is 0 Å². The third-order valence-corrected chi connectivity index (χ3v) is 6.80. The van der Waals surface area contributed by atoms with Gasteiger partial charge in [0.15, 0.2) is 11.5 Å². The monoisotopic (exact) mass is 595 g/mol. The molecule has 5 atom stereocenters. The number of ether oxygens (including phenoxy) is 6. The van der Waals surface area contributed by atoms with Crippen LogP contribution in [0.5, 0.6) is 11.5 Å². The molecule has 1 aromatic rings. The number of nitrogens with two attached hydrogens (primary N) is 1. The molecule has 1 rings (SSSR count). The zero-order chi connectivity index (χ0) is 32.1. The van der Waals surface area contributed by atoms with Gasteiger partial charge in [-0.3, -0.25) is 9.59 Å². The van der Waals surface area contributed by atoms with Crippen molar-refractivity contribution in [3.8, 4) is 11.5 Å². The number of carbonyl (C=O) groups excluding carboxylic acids is 4. The molecule has 0 heterocycles. The van der Waals surface area contributed by atoms with E-state index in [0.29, 0.717) is 17.9 Å². The summed E-state index contributed by atoms with van der Waals surface area (Å²) in [4.78, 5) is 49.5. The standard InChI is InChI=1S/C31H49NO10/c1-17(2)11-14-28(33)37-22(9)23(10)38-29(34)25(32)15-24-12-13-26(41-30(35)39-20(7)18(3)4)27(16-24)42-31(36)40-21(8)19(5)6/h12-13,16-23,25H,11,14-15,32H2,1-10H3/t20?,21?,22-,23-,25-/m0/s1. The van der Waals surface area contributed by atoms with Crippen molar-refractivity contribution in [2.24, 2.45) is 23.5 Å². The summed E-state index contributed by atoms with van der Waals surface area (Å²) in [6.45, 7) is 18.3. The Bertz CT molecular complexity index is 1040. The number of benzene rings is 1. The summed E-state index contributed by atoms with van der Waals surface area (Å²) in [6, 6.07) is 3.32. The van der Waals surface area contributed by atoms with Crippen LogP contribution in [-0.2, 0) is 35.0 Å². The molecule has 0 amide bonds. The smallest absolute Gasteiger partial charge is 0.459 e. The van der Waals surface area contributed by atoms with Crippen LogP contribution >= 0.6 is 0 Å². The van der Waals surface area contributed by atoms with E-state index in [2.05, 4.69) is 0 Å². The number of hydrogen-bond donors (Lipinski definition) is 1. The first-order chi connectivity index (χ1) is 19.5. The molecule has 0 bridgehead atoms. The summed E-state index contributed by atoms with van der Waals surface area (Å²) in [5.74, 6) is -0.778. The highest BCUT2D eigenvalue weighted by Crippen LogP contribution is 2.30. The normalized spacial score (nSPS) is 14.9. The summed E-state index contributed by atoms with van der Waals surface area (Å²) in [6.07, 6.45) is -3.18. The van der Waals surface area contributed by atoms with E-state index in [1.165, 1.54) is 12.1 Å². The molecule has 2 unspecified atom stereocenters. The average molecular weight is 596 g/mol. The number of hydrogen-bond acceptors (Lipinski definition) is 11. The molecule has 0 radical (unpaired) electrons. The van der Waals surface area contributed by atoms with Gasteiger partial charge in [0.2, 0.25) is 0 Å². The molecule has 0 spiro atoms. The van der Waals surface area contributed by atoms with Crippen molar-refractivity contribution < 1.29 is 47.6 Å². The fourth-order valence-corrected chi connectivity index (χ4v) is 3.12. The van der Waals surface area contributed by atoms with Gasteiger partial charge in [0.05, 0.1) is 0 Å². The van der Waals surface area contributed by atoms with Crippen molar-refractivity contribution in [1.29, 1.82) is 0 Å². The molecule has 0 aromatic heterocycles. The third kappa shape index (κ3) is 13.5. The Morgan fingerprint density at radius 3 is 1.67 bits per heavy atom. The molecule has 2 N–H and O–H groups in total. The lowest BCUT2D eigenvalue weighted by molar-refractivity contribution is -0.166. The summed E-state index contributed by atoms with van der Waals surface area (Å²) in [5.41, 5.74) is 6.61. The minimum Gasteiger partial charge on any atom is -0.459 e.